The summed E-state index contributed by atoms with van der Waals surface area (Å²) in [5, 5.41) is 8.22. The van der Waals surface area contributed by atoms with Gasteiger partial charge in [-0.25, -0.2) is 0 Å². The maximum Gasteiger partial charge on any atom is 0 e. The second-order valence-electron chi connectivity index (χ2n) is 1.27. The van der Waals surface area contributed by atoms with E-state index in [-0.39, 0.29) is 21.1 Å². The van der Waals surface area contributed by atoms with Gasteiger partial charge >= 0.3 is 0 Å². The third kappa shape index (κ3) is 2.39. The van der Waals surface area contributed by atoms with Crippen LogP contribution in [0.5, 0.6) is 0 Å². The van der Waals surface area contributed by atoms with Gasteiger partial charge in [-0.3, -0.25) is 5.26 Å². The van der Waals surface area contributed by atoms with Crippen LogP contribution in [0.4, 0.5) is 0 Å². The second kappa shape index (κ2) is 4.23. The maximum absolute atomic E-state index is 8.22. The van der Waals surface area contributed by atoms with Crippen LogP contribution in [0.3, 0.4) is 0 Å². The van der Waals surface area contributed by atoms with Gasteiger partial charge in [-0.1, -0.05) is 11.8 Å². The molecule has 0 atom stereocenters. The summed E-state index contributed by atoms with van der Waals surface area (Å²) in [4.78, 5) is 3.61. The van der Waals surface area contributed by atoms with Crippen molar-refractivity contribution in [1.82, 2.24) is 4.98 Å². The SMILES string of the molecule is N#Cc1[c-]nccc1.[W]. The van der Waals surface area contributed by atoms with Gasteiger partial charge in [0.25, 0.3) is 0 Å². The van der Waals surface area contributed by atoms with Crippen molar-refractivity contribution in [1.29, 1.82) is 5.26 Å². The molecule has 1 aromatic heterocycles. The first-order valence-electron chi connectivity index (χ1n) is 2.16. The van der Waals surface area contributed by atoms with Crippen LogP contribution in [0.15, 0.2) is 18.3 Å². The fourth-order valence-electron chi connectivity index (χ4n) is 0.389. The molecule has 2 nitrogen and oxygen atoms in total. The Kier molecular flexibility index (Phi) is 3.92. The third-order valence-electron chi connectivity index (χ3n) is 0.729. The van der Waals surface area contributed by atoms with Crippen LogP contribution in [0, 0.1) is 17.5 Å². The Morgan fingerprint density at radius 2 is 2.44 bits per heavy atom. The molecule has 0 spiro atoms. The van der Waals surface area contributed by atoms with E-state index in [4.69, 9.17) is 5.26 Å². The molecule has 0 aliphatic rings. The van der Waals surface area contributed by atoms with E-state index < -0.39 is 0 Å². The number of hydrogen-bond donors (Lipinski definition) is 0. The minimum atomic E-state index is 0. The zero-order valence-corrected chi connectivity index (χ0v) is 7.47. The molecule has 0 radical (unpaired) electrons. The number of nitrogens with zero attached hydrogens (tertiary/aromatic N) is 2. The first-order chi connectivity index (χ1) is 3.93. The number of aromatic nitrogens is 1. The molecule has 1 heterocycles. The van der Waals surface area contributed by atoms with E-state index in [0.717, 1.165) is 0 Å². The van der Waals surface area contributed by atoms with Crippen LogP contribution in [-0.4, -0.2) is 4.98 Å². The van der Waals surface area contributed by atoms with Gasteiger partial charge in [-0.15, -0.1) is 12.1 Å². The average Bonchev–Trinajstić information content (AvgIpc) is 1.90. The van der Waals surface area contributed by atoms with Crippen molar-refractivity contribution < 1.29 is 21.1 Å². The molecule has 0 saturated carbocycles. The van der Waals surface area contributed by atoms with Crippen molar-refractivity contribution in [3.05, 3.63) is 30.1 Å². The Hall–Kier alpha value is -0.672. The van der Waals surface area contributed by atoms with Crippen LogP contribution in [0.25, 0.3) is 0 Å². The predicted octanol–water partition coefficient (Wildman–Crippen LogP) is 0.751. The summed E-state index contributed by atoms with van der Waals surface area (Å²) in [5.41, 5.74) is 0.479. The fourth-order valence-corrected chi connectivity index (χ4v) is 0.389. The first-order valence-corrected chi connectivity index (χ1v) is 2.16. The average molecular weight is 287 g/mol. The molecule has 0 bridgehead atoms. The Morgan fingerprint density at radius 3 is 2.78 bits per heavy atom. The van der Waals surface area contributed by atoms with E-state index in [1.165, 1.54) is 0 Å². The Bertz CT molecular complexity index is 202. The van der Waals surface area contributed by atoms with Crippen molar-refractivity contribution in [2.24, 2.45) is 0 Å². The molecule has 0 unspecified atom stereocenters. The van der Waals surface area contributed by atoms with Crippen molar-refractivity contribution >= 4 is 0 Å². The van der Waals surface area contributed by atoms with Crippen LogP contribution in [0.1, 0.15) is 5.56 Å². The smallest absolute Gasteiger partial charge is 0 e. The van der Waals surface area contributed by atoms with E-state index in [1.807, 2.05) is 6.07 Å². The molecular weight excluding hydrogens is 284 g/mol. The molecule has 0 N–H and O–H groups in total. The molecule has 44 valence electrons. The summed E-state index contributed by atoms with van der Waals surface area (Å²) in [5.74, 6) is 0. The summed E-state index contributed by atoms with van der Waals surface area (Å²) in [7, 11) is 0. The summed E-state index contributed by atoms with van der Waals surface area (Å²) < 4.78 is 0. The van der Waals surface area contributed by atoms with E-state index >= 15 is 0 Å². The van der Waals surface area contributed by atoms with E-state index in [9.17, 15) is 0 Å². The molecule has 0 aromatic carbocycles. The summed E-state index contributed by atoms with van der Waals surface area (Å²) in [6, 6.07) is 5.27. The zero-order chi connectivity index (χ0) is 5.82. The van der Waals surface area contributed by atoms with Crippen LogP contribution < -0.4 is 0 Å². The van der Waals surface area contributed by atoms with Crippen molar-refractivity contribution in [3.63, 3.8) is 0 Å². The number of pyridine rings is 1. The summed E-state index contributed by atoms with van der Waals surface area (Å²) in [6.07, 6.45) is 4.09. The topological polar surface area (TPSA) is 36.7 Å². The normalized spacial score (nSPS) is 7.00. The first kappa shape index (κ1) is 8.33. The standard InChI is InChI=1S/C6H3N2.W/c7-4-6-2-1-3-8-5-6;/h1-3H;/q-1;. The van der Waals surface area contributed by atoms with E-state index in [1.54, 1.807) is 18.3 Å². The van der Waals surface area contributed by atoms with Gasteiger partial charge in [-0.05, 0) is 12.3 Å². The third-order valence-corrected chi connectivity index (χ3v) is 0.729. The molecule has 0 amide bonds. The molecule has 0 aliphatic carbocycles. The van der Waals surface area contributed by atoms with Crippen molar-refractivity contribution in [3.8, 4) is 6.07 Å². The summed E-state index contributed by atoms with van der Waals surface area (Å²) >= 11 is 0. The largest absolute Gasteiger partial charge is 0.359 e. The molecule has 1 aromatic rings. The van der Waals surface area contributed by atoms with Gasteiger partial charge in [0.05, 0.1) is 0 Å². The maximum atomic E-state index is 8.22. The quantitative estimate of drug-likeness (QED) is 0.660. The molecular formula is C6H3N2W-. The zero-order valence-electron chi connectivity index (χ0n) is 4.53. The Balaban J connectivity index is 0.000000640. The molecule has 3 heteroatoms. The van der Waals surface area contributed by atoms with Crippen molar-refractivity contribution in [2.45, 2.75) is 0 Å². The van der Waals surface area contributed by atoms with E-state index in [2.05, 4.69) is 11.2 Å². The monoisotopic (exact) mass is 287 g/mol. The van der Waals surface area contributed by atoms with Crippen LogP contribution >= 0.6 is 0 Å². The number of nitriles is 1. The van der Waals surface area contributed by atoms with Gasteiger partial charge in [0.1, 0.15) is 0 Å². The van der Waals surface area contributed by atoms with Gasteiger partial charge in [0, 0.05) is 21.1 Å². The number of hydrogen-bond acceptors (Lipinski definition) is 2. The van der Waals surface area contributed by atoms with Crippen LogP contribution in [0.2, 0.25) is 0 Å². The van der Waals surface area contributed by atoms with Crippen LogP contribution in [-0.2, 0) is 21.1 Å². The molecule has 0 saturated heterocycles. The Labute approximate surface area is 67.8 Å². The van der Waals surface area contributed by atoms with Gasteiger partial charge in [0.15, 0.2) is 0 Å². The Morgan fingerprint density at radius 1 is 1.67 bits per heavy atom. The second-order valence-corrected chi connectivity index (χ2v) is 1.27. The summed E-state index contributed by atoms with van der Waals surface area (Å²) in [6.45, 7) is 0. The van der Waals surface area contributed by atoms with E-state index in [0.29, 0.717) is 5.56 Å². The molecule has 9 heavy (non-hydrogen) atoms. The predicted molar refractivity (Wildman–Crippen MR) is 27.8 cm³/mol. The van der Waals surface area contributed by atoms with Gasteiger partial charge in [0.2, 0.25) is 0 Å². The molecule has 1 rings (SSSR count). The number of rotatable bonds is 0. The fraction of sp³-hybridized carbons (Fsp3) is 0. The minimum absolute atomic E-state index is 0. The minimum Gasteiger partial charge on any atom is -0.359 e. The van der Waals surface area contributed by atoms with Gasteiger partial charge < -0.3 is 4.98 Å². The van der Waals surface area contributed by atoms with Crippen molar-refractivity contribution in [2.75, 3.05) is 0 Å². The molecule has 0 fully saturated rings. The van der Waals surface area contributed by atoms with Gasteiger partial charge in [-0.2, -0.15) is 0 Å². The molecule has 0 aliphatic heterocycles.